The van der Waals surface area contributed by atoms with E-state index in [1.54, 1.807) is 14.0 Å². The first-order valence-corrected chi connectivity index (χ1v) is 3.52. The maximum absolute atomic E-state index is 4.85. The van der Waals surface area contributed by atoms with Crippen molar-refractivity contribution in [1.29, 1.82) is 0 Å². The van der Waals surface area contributed by atoms with Gasteiger partial charge in [-0.1, -0.05) is 13.2 Å². The summed E-state index contributed by atoms with van der Waals surface area (Å²) in [6.07, 6.45) is 0. The van der Waals surface area contributed by atoms with Crippen LogP contribution in [0.1, 0.15) is 20.8 Å². The second-order valence-corrected chi connectivity index (χ2v) is 2.04. The van der Waals surface area contributed by atoms with E-state index in [4.69, 9.17) is 4.74 Å². The standard InChI is InChI=1S/C5H10O.C4H8O/c1-4-6-5(2)3;1-4(2)5-3/h2,4H2,1,3H3;1H2,2-3H3. The van der Waals surface area contributed by atoms with E-state index in [0.717, 1.165) is 18.1 Å². The summed E-state index contributed by atoms with van der Waals surface area (Å²) < 4.78 is 9.40. The number of ether oxygens (including phenoxy) is 2. The van der Waals surface area contributed by atoms with Crippen LogP contribution in [0.2, 0.25) is 0 Å². The quantitative estimate of drug-likeness (QED) is 0.588. The fraction of sp³-hybridized carbons (Fsp3) is 0.556. The number of allylic oxidation sites excluding steroid dienone is 2. The molecule has 0 aromatic heterocycles. The van der Waals surface area contributed by atoms with E-state index in [2.05, 4.69) is 17.9 Å². The van der Waals surface area contributed by atoms with Gasteiger partial charge in [0, 0.05) is 0 Å². The molecule has 0 radical (unpaired) electrons. The van der Waals surface area contributed by atoms with Gasteiger partial charge in [-0.15, -0.1) is 0 Å². The Balaban J connectivity index is 0. The summed E-state index contributed by atoms with van der Waals surface area (Å²) in [6, 6.07) is 0. The molecule has 0 heterocycles. The van der Waals surface area contributed by atoms with Crippen LogP contribution in [0.25, 0.3) is 0 Å². The van der Waals surface area contributed by atoms with Gasteiger partial charge in [-0.3, -0.25) is 0 Å². The fourth-order valence-corrected chi connectivity index (χ4v) is 0.246. The minimum absolute atomic E-state index is 0.731. The Labute approximate surface area is 69.5 Å². The molecule has 2 heteroatoms. The molecule has 0 N–H and O–H groups in total. The lowest BCUT2D eigenvalue weighted by Crippen LogP contribution is -1.81. The second kappa shape index (κ2) is 9.08. The van der Waals surface area contributed by atoms with Crippen LogP contribution in [-0.4, -0.2) is 13.7 Å². The van der Waals surface area contributed by atoms with Gasteiger partial charge in [0.15, 0.2) is 0 Å². The molecule has 0 fully saturated rings. The average molecular weight is 158 g/mol. The third-order valence-corrected chi connectivity index (χ3v) is 0.739. The minimum atomic E-state index is 0.731. The Kier molecular flexibility index (Phi) is 10.5. The Morgan fingerprint density at radius 3 is 1.55 bits per heavy atom. The largest absolute Gasteiger partial charge is 0.502 e. The molecule has 0 rings (SSSR count). The maximum atomic E-state index is 4.85. The number of hydrogen-bond donors (Lipinski definition) is 0. The van der Waals surface area contributed by atoms with Gasteiger partial charge in [0.1, 0.15) is 0 Å². The summed E-state index contributed by atoms with van der Waals surface area (Å²) in [4.78, 5) is 0. The summed E-state index contributed by atoms with van der Waals surface area (Å²) in [7, 11) is 1.60. The van der Waals surface area contributed by atoms with Gasteiger partial charge in [-0.05, 0) is 20.8 Å². The Morgan fingerprint density at radius 1 is 1.18 bits per heavy atom. The third kappa shape index (κ3) is 27.3. The number of rotatable bonds is 3. The van der Waals surface area contributed by atoms with Gasteiger partial charge in [0.2, 0.25) is 0 Å². The molecule has 0 aliphatic rings. The molecular weight excluding hydrogens is 140 g/mol. The van der Waals surface area contributed by atoms with Gasteiger partial charge in [-0.25, -0.2) is 0 Å². The molecule has 0 saturated carbocycles. The molecule has 0 amide bonds. The van der Waals surface area contributed by atoms with Gasteiger partial charge < -0.3 is 9.47 Å². The van der Waals surface area contributed by atoms with Crippen molar-refractivity contribution in [2.45, 2.75) is 20.8 Å². The van der Waals surface area contributed by atoms with E-state index in [-0.39, 0.29) is 0 Å². The highest BCUT2D eigenvalue weighted by molar-refractivity contribution is 4.72. The van der Waals surface area contributed by atoms with E-state index >= 15 is 0 Å². The van der Waals surface area contributed by atoms with Crippen LogP contribution in [0.3, 0.4) is 0 Å². The lowest BCUT2D eigenvalue weighted by Gasteiger charge is -1.95. The highest BCUT2D eigenvalue weighted by Crippen LogP contribution is 1.85. The molecule has 0 aromatic carbocycles. The summed E-state index contributed by atoms with van der Waals surface area (Å²) in [5.41, 5.74) is 0. The van der Waals surface area contributed by atoms with Crippen LogP contribution in [-0.2, 0) is 9.47 Å². The summed E-state index contributed by atoms with van der Waals surface area (Å²) >= 11 is 0. The fourth-order valence-electron chi connectivity index (χ4n) is 0.246. The molecule has 0 aliphatic heterocycles. The van der Waals surface area contributed by atoms with Crippen LogP contribution in [0.4, 0.5) is 0 Å². The van der Waals surface area contributed by atoms with Crippen LogP contribution < -0.4 is 0 Å². The zero-order valence-electron chi connectivity index (χ0n) is 7.94. The first kappa shape index (κ1) is 12.7. The molecule has 0 spiro atoms. The predicted octanol–water partition coefficient (Wildman–Crippen LogP) is 2.72. The third-order valence-electron chi connectivity index (χ3n) is 0.739. The van der Waals surface area contributed by atoms with Crippen molar-refractivity contribution in [3.8, 4) is 0 Å². The van der Waals surface area contributed by atoms with Crippen LogP contribution in [0.15, 0.2) is 24.7 Å². The van der Waals surface area contributed by atoms with E-state index in [1.165, 1.54) is 0 Å². The Morgan fingerprint density at radius 2 is 1.55 bits per heavy atom. The van der Waals surface area contributed by atoms with Gasteiger partial charge in [-0.2, -0.15) is 0 Å². The molecule has 11 heavy (non-hydrogen) atoms. The van der Waals surface area contributed by atoms with Crippen molar-refractivity contribution in [3.05, 3.63) is 24.7 Å². The zero-order chi connectivity index (χ0) is 9.28. The lowest BCUT2D eigenvalue weighted by molar-refractivity contribution is 0.233. The molecule has 0 unspecified atom stereocenters. The molecule has 0 bridgehead atoms. The van der Waals surface area contributed by atoms with Crippen molar-refractivity contribution in [2.75, 3.05) is 13.7 Å². The van der Waals surface area contributed by atoms with Gasteiger partial charge in [0.05, 0.1) is 25.2 Å². The van der Waals surface area contributed by atoms with E-state index in [0.29, 0.717) is 0 Å². The van der Waals surface area contributed by atoms with Crippen molar-refractivity contribution in [2.24, 2.45) is 0 Å². The SMILES string of the molecule is C=C(C)OC.C=C(C)OCC. The molecule has 0 aromatic rings. The van der Waals surface area contributed by atoms with Crippen LogP contribution in [0.5, 0.6) is 0 Å². The average Bonchev–Trinajstić information content (AvgIpc) is 1.89. The lowest BCUT2D eigenvalue weighted by atomic mass is 10.6. The summed E-state index contributed by atoms with van der Waals surface area (Å²) in [5.74, 6) is 1.54. The number of hydrogen-bond acceptors (Lipinski definition) is 2. The highest BCUT2D eigenvalue weighted by Gasteiger charge is 1.73. The minimum Gasteiger partial charge on any atom is -0.502 e. The van der Waals surface area contributed by atoms with E-state index in [1.807, 2.05) is 13.8 Å². The smallest absolute Gasteiger partial charge is 0.0857 e. The molecule has 0 atom stereocenters. The zero-order valence-corrected chi connectivity index (χ0v) is 7.94. The molecule has 0 aliphatic carbocycles. The van der Waals surface area contributed by atoms with Crippen molar-refractivity contribution < 1.29 is 9.47 Å². The van der Waals surface area contributed by atoms with Crippen molar-refractivity contribution in [3.63, 3.8) is 0 Å². The van der Waals surface area contributed by atoms with Crippen molar-refractivity contribution >= 4 is 0 Å². The van der Waals surface area contributed by atoms with Gasteiger partial charge in [0.25, 0.3) is 0 Å². The van der Waals surface area contributed by atoms with Crippen molar-refractivity contribution in [1.82, 2.24) is 0 Å². The van der Waals surface area contributed by atoms with Gasteiger partial charge >= 0.3 is 0 Å². The number of methoxy groups -OCH3 is 1. The molecular formula is C9H18O2. The Bertz CT molecular complexity index is 117. The molecule has 2 nitrogen and oxygen atoms in total. The van der Waals surface area contributed by atoms with Crippen LogP contribution >= 0.6 is 0 Å². The maximum Gasteiger partial charge on any atom is 0.0857 e. The first-order chi connectivity index (χ1) is 5.04. The topological polar surface area (TPSA) is 18.5 Å². The van der Waals surface area contributed by atoms with Crippen LogP contribution in [0, 0.1) is 0 Å². The normalized spacial score (nSPS) is 7.27. The Hall–Kier alpha value is -0.920. The predicted molar refractivity (Wildman–Crippen MR) is 48.3 cm³/mol. The van der Waals surface area contributed by atoms with E-state index in [9.17, 15) is 0 Å². The van der Waals surface area contributed by atoms with E-state index < -0.39 is 0 Å². The highest BCUT2D eigenvalue weighted by atomic mass is 16.5. The summed E-state index contributed by atoms with van der Waals surface area (Å²) in [6.45, 7) is 13.3. The molecule has 0 saturated heterocycles. The first-order valence-electron chi connectivity index (χ1n) is 3.52. The summed E-state index contributed by atoms with van der Waals surface area (Å²) in [5, 5.41) is 0. The monoisotopic (exact) mass is 158 g/mol. The molecule has 66 valence electrons. The second-order valence-electron chi connectivity index (χ2n) is 2.04.